The minimum Gasteiger partial charge on any atom is -0.482 e. The maximum atomic E-state index is 12.3. The molecule has 24 heavy (non-hydrogen) atoms. The Morgan fingerprint density at radius 1 is 1.21 bits per heavy atom. The Morgan fingerprint density at radius 2 is 1.92 bits per heavy atom. The Balaban J connectivity index is 1.99. The van der Waals surface area contributed by atoms with Gasteiger partial charge in [-0.25, -0.2) is 0 Å². The summed E-state index contributed by atoms with van der Waals surface area (Å²) in [5, 5.41) is 3.55. The van der Waals surface area contributed by atoms with Gasteiger partial charge in [-0.2, -0.15) is 0 Å². The number of rotatable bonds is 7. The van der Waals surface area contributed by atoms with Crippen molar-refractivity contribution in [3.05, 3.63) is 64.7 Å². The van der Waals surface area contributed by atoms with Crippen molar-refractivity contribution in [1.29, 1.82) is 0 Å². The molecule has 1 atom stereocenters. The van der Waals surface area contributed by atoms with Crippen LogP contribution in [0.5, 0.6) is 5.75 Å². The van der Waals surface area contributed by atoms with E-state index in [1.165, 1.54) is 4.90 Å². The zero-order valence-electron chi connectivity index (χ0n) is 14.3. The van der Waals surface area contributed by atoms with Gasteiger partial charge < -0.3 is 15.0 Å². The molecule has 2 N–H and O–H groups in total. The number of nitrogens with one attached hydrogen (secondary N) is 2. The number of hydrogen-bond acceptors (Lipinski definition) is 2. The highest BCUT2D eigenvalue weighted by Crippen LogP contribution is 2.25. The van der Waals surface area contributed by atoms with Crippen LogP contribution in [0.4, 0.5) is 0 Å². The fourth-order valence-electron chi connectivity index (χ4n) is 2.45. The number of hydrogen-bond donors (Lipinski definition) is 2. The third-order valence-corrected chi connectivity index (χ3v) is 3.91. The van der Waals surface area contributed by atoms with Crippen molar-refractivity contribution in [2.45, 2.75) is 13.0 Å². The van der Waals surface area contributed by atoms with Crippen LogP contribution >= 0.6 is 11.6 Å². The van der Waals surface area contributed by atoms with Crippen molar-refractivity contribution in [2.24, 2.45) is 0 Å². The Kier molecular flexibility index (Phi) is 6.64. The normalized spacial score (nSPS) is 12.0. The zero-order chi connectivity index (χ0) is 17.5. The van der Waals surface area contributed by atoms with E-state index in [2.05, 4.69) is 19.4 Å². The van der Waals surface area contributed by atoms with E-state index in [9.17, 15) is 4.79 Å². The lowest BCUT2D eigenvalue weighted by Crippen LogP contribution is -3.06. The van der Waals surface area contributed by atoms with E-state index in [0.717, 1.165) is 17.7 Å². The predicted molar refractivity (Wildman–Crippen MR) is 96.7 cm³/mol. The maximum Gasteiger partial charge on any atom is 0.258 e. The molecule has 4 nitrogen and oxygen atoms in total. The van der Waals surface area contributed by atoms with Gasteiger partial charge in [0.2, 0.25) is 0 Å². The minimum atomic E-state index is -0.164. The van der Waals surface area contributed by atoms with Gasteiger partial charge >= 0.3 is 0 Å². The maximum absolute atomic E-state index is 12.3. The zero-order valence-corrected chi connectivity index (χ0v) is 15.1. The number of likely N-dealkylation sites (N-methyl/N-ethyl adjacent to an activating group) is 1. The molecule has 0 aliphatic rings. The van der Waals surface area contributed by atoms with Crippen molar-refractivity contribution in [3.63, 3.8) is 0 Å². The minimum absolute atomic E-state index is 0.0553. The van der Waals surface area contributed by atoms with E-state index in [0.29, 0.717) is 10.8 Å². The number of amides is 1. The first kappa shape index (κ1) is 18.3. The van der Waals surface area contributed by atoms with Crippen LogP contribution in [0.3, 0.4) is 0 Å². The smallest absolute Gasteiger partial charge is 0.258 e. The topological polar surface area (TPSA) is 42.8 Å². The van der Waals surface area contributed by atoms with Crippen molar-refractivity contribution in [1.82, 2.24) is 5.32 Å². The van der Waals surface area contributed by atoms with Crippen molar-refractivity contribution < 1.29 is 14.4 Å². The Bertz CT molecular complexity index is 674. The van der Waals surface area contributed by atoms with Crippen LogP contribution in [0.15, 0.2) is 48.5 Å². The molecule has 2 aromatic rings. The fraction of sp³-hybridized carbons (Fsp3) is 0.316. The molecule has 0 aliphatic carbocycles. The largest absolute Gasteiger partial charge is 0.482 e. The molecule has 0 spiro atoms. The number of aryl methyl sites for hydroxylation is 1. The average Bonchev–Trinajstić information content (AvgIpc) is 2.55. The molecule has 0 aromatic heterocycles. The molecule has 0 saturated carbocycles. The second-order valence-corrected chi connectivity index (χ2v) is 6.57. The third kappa shape index (κ3) is 5.55. The van der Waals surface area contributed by atoms with E-state index in [4.69, 9.17) is 16.3 Å². The van der Waals surface area contributed by atoms with Crippen molar-refractivity contribution in [3.8, 4) is 5.75 Å². The van der Waals surface area contributed by atoms with E-state index in [1.807, 2.05) is 49.4 Å². The van der Waals surface area contributed by atoms with Gasteiger partial charge in [0.1, 0.15) is 18.3 Å². The number of quaternary nitrogens is 1. The Morgan fingerprint density at radius 3 is 2.58 bits per heavy atom. The molecule has 5 heteroatoms. The molecule has 0 bridgehead atoms. The summed E-state index contributed by atoms with van der Waals surface area (Å²) in [6, 6.07) is 15.4. The first-order valence-electron chi connectivity index (χ1n) is 7.98. The van der Waals surface area contributed by atoms with E-state index in [1.54, 1.807) is 6.07 Å². The number of carbonyl (C=O) groups excluding carboxylic acids is 1. The van der Waals surface area contributed by atoms with Crippen LogP contribution in [0.2, 0.25) is 5.02 Å². The van der Waals surface area contributed by atoms with Crippen molar-refractivity contribution in [2.75, 3.05) is 27.2 Å². The molecular weight excluding hydrogens is 324 g/mol. The molecule has 0 aliphatic heterocycles. The Labute approximate surface area is 148 Å². The van der Waals surface area contributed by atoms with E-state index in [-0.39, 0.29) is 18.6 Å². The number of halogens is 1. The average molecular weight is 348 g/mol. The van der Waals surface area contributed by atoms with Gasteiger partial charge in [-0.3, -0.25) is 4.79 Å². The van der Waals surface area contributed by atoms with Crippen molar-refractivity contribution >= 4 is 17.5 Å². The van der Waals surface area contributed by atoms with Crippen LogP contribution in [0, 0.1) is 6.92 Å². The van der Waals surface area contributed by atoms with E-state index >= 15 is 0 Å². The van der Waals surface area contributed by atoms with Gasteiger partial charge in [-0.1, -0.05) is 48.0 Å². The van der Waals surface area contributed by atoms with Gasteiger partial charge in [0.15, 0.2) is 6.61 Å². The monoisotopic (exact) mass is 347 g/mol. The molecule has 128 valence electrons. The molecule has 0 saturated heterocycles. The highest BCUT2D eigenvalue weighted by molar-refractivity contribution is 6.32. The van der Waals surface area contributed by atoms with Crippen LogP contribution in [0.1, 0.15) is 17.2 Å². The SMILES string of the molecule is Cc1ccc(Cl)c(OCC(=O)N[C@@H](C[NH+](C)C)c2ccccc2)c1. The molecule has 0 fully saturated rings. The van der Waals surface area contributed by atoms with Crippen LogP contribution in [0.25, 0.3) is 0 Å². The lowest BCUT2D eigenvalue weighted by molar-refractivity contribution is -0.860. The summed E-state index contributed by atoms with van der Waals surface area (Å²) in [4.78, 5) is 13.5. The highest BCUT2D eigenvalue weighted by atomic mass is 35.5. The summed E-state index contributed by atoms with van der Waals surface area (Å²) < 4.78 is 5.57. The summed E-state index contributed by atoms with van der Waals surface area (Å²) in [5.74, 6) is 0.365. The van der Waals surface area contributed by atoms with Crippen LogP contribution in [-0.2, 0) is 4.79 Å². The molecule has 0 radical (unpaired) electrons. The van der Waals surface area contributed by atoms with Gasteiger partial charge in [0.05, 0.1) is 19.1 Å². The number of carbonyl (C=O) groups is 1. The summed E-state index contributed by atoms with van der Waals surface area (Å²) >= 11 is 6.09. The van der Waals surface area contributed by atoms with Crippen LogP contribution in [-0.4, -0.2) is 33.2 Å². The first-order valence-corrected chi connectivity index (χ1v) is 8.36. The Hall–Kier alpha value is -2.04. The lowest BCUT2D eigenvalue weighted by Gasteiger charge is -2.21. The molecule has 2 rings (SSSR count). The summed E-state index contributed by atoms with van der Waals surface area (Å²) in [6.45, 7) is 2.69. The van der Waals surface area contributed by atoms with Gasteiger partial charge in [0, 0.05) is 0 Å². The molecular formula is C19H24ClN2O2+. The molecule has 0 unspecified atom stereocenters. The second-order valence-electron chi connectivity index (χ2n) is 6.16. The quantitative estimate of drug-likeness (QED) is 0.804. The lowest BCUT2D eigenvalue weighted by atomic mass is 10.1. The first-order chi connectivity index (χ1) is 11.5. The fourth-order valence-corrected chi connectivity index (χ4v) is 2.62. The third-order valence-electron chi connectivity index (χ3n) is 3.60. The van der Waals surface area contributed by atoms with E-state index < -0.39 is 0 Å². The second kappa shape index (κ2) is 8.71. The standard InChI is InChI=1S/C19H23ClN2O2/c1-14-9-10-16(20)18(11-14)24-13-19(23)21-17(12-22(2)3)15-7-5-4-6-8-15/h4-11,17H,12-13H2,1-3H3,(H,21,23)/p+1/t17-/m0/s1. The number of ether oxygens (including phenoxy) is 1. The summed E-state index contributed by atoms with van der Waals surface area (Å²) in [7, 11) is 4.12. The molecule has 1 amide bonds. The highest BCUT2D eigenvalue weighted by Gasteiger charge is 2.18. The van der Waals surface area contributed by atoms with Gasteiger partial charge in [-0.15, -0.1) is 0 Å². The molecule has 0 heterocycles. The van der Waals surface area contributed by atoms with Gasteiger partial charge in [0.25, 0.3) is 5.91 Å². The van der Waals surface area contributed by atoms with Gasteiger partial charge in [-0.05, 0) is 30.2 Å². The van der Waals surface area contributed by atoms with Crippen LogP contribution < -0.4 is 15.0 Å². The summed E-state index contributed by atoms with van der Waals surface area (Å²) in [6.07, 6.45) is 0. The summed E-state index contributed by atoms with van der Waals surface area (Å²) in [5.41, 5.74) is 2.12. The number of benzene rings is 2. The predicted octanol–water partition coefficient (Wildman–Crippen LogP) is 2.03. The molecule has 2 aromatic carbocycles.